The molecule has 1 N–H and O–H groups in total. The number of nitrogens with one attached hydrogen (secondary N) is 1. The maximum absolute atomic E-state index is 12.9. The van der Waals surface area contributed by atoms with Gasteiger partial charge in [-0.3, -0.25) is 4.79 Å². The molecule has 0 amide bonds. The molecule has 0 saturated heterocycles. The Morgan fingerprint density at radius 3 is 2.31 bits per heavy atom. The molecule has 0 aliphatic heterocycles. The molecule has 0 bridgehead atoms. The lowest BCUT2D eigenvalue weighted by Crippen LogP contribution is -2.26. The Bertz CT molecular complexity index is 1070. The predicted octanol–water partition coefficient (Wildman–Crippen LogP) is 3.41. The van der Waals surface area contributed by atoms with E-state index < -0.39 is 11.5 Å². The third kappa shape index (κ3) is 2.71. The number of carbonyl (C=O) groups excluding carboxylic acids is 1. The molecule has 0 atom stereocenters. The largest absolute Gasteiger partial charge is 0.462 e. The molecule has 26 heavy (non-hydrogen) atoms. The van der Waals surface area contributed by atoms with Crippen LogP contribution in [0.25, 0.3) is 16.8 Å². The van der Waals surface area contributed by atoms with Crippen LogP contribution in [0.5, 0.6) is 0 Å². The van der Waals surface area contributed by atoms with E-state index in [1.54, 1.807) is 13.8 Å². The number of carbonyl (C=O) groups is 1. The number of aryl methyl sites for hydroxylation is 5. The number of rotatable bonds is 3. The minimum Gasteiger partial charge on any atom is -0.462 e. The molecule has 0 aliphatic rings. The lowest BCUT2D eigenvalue weighted by molar-refractivity contribution is 0.0522. The quantitative estimate of drug-likeness (QED) is 0.732. The minimum absolute atomic E-state index is 0.00856. The zero-order chi connectivity index (χ0) is 19.2. The van der Waals surface area contributed by atoms with Gasteiger partial charge in [0.2, 0.25) is 0 Å². The van der Waals surface area contributed by atoms with E-state index in [0.717, 1.165) is 27.9 Å². The highest BCUT2D eigenvalue weighted by Gasteiger charge is 2.23. The number of ether oxygens (including phenoxy) is 1. The summed E-state index contributed by atoms with van der Waals surface area (Å²) in [5, 5.41) is 4.40. The fourth-order valence-electron chi connectivity index (χ4n) is 3.61. The van der Waals surface area contributed by atoms with Crippen molar-refractivity contribution in [2.45, 2.75) is 41.5 Å². The molecule has 3 rings (SSSR count). The predicted molar refractivity (Wildman–Crippen MR) is 101 cm³/mol. The van der Waals surface area contributed by atoms with Gasteiger partial charge in [-0.2, -0.15) is 9.61 Å². The molecular formula is C20H23N3O3. The Balaban J connectivity index is 2.36. The molecule has 0 fully saturated rings. The number of hydrogen-bond acceptors (Lipinski definition) is 4. The molecule has 0 radical (unpaired) electrons. The van der Waals surface area contributed by atoms with Crippen molar-refractivity contribution >= 4 is 11.6 Å². The highest BCUT2D eigenvalue weighted by molar-refractivity contribution is 5.91. The number of hydrogen-bond donors (Lipinski definition) is 1. The van der Waals surface area contributed by atoms with Crippen molar-refractivity contribution in [3.63, 3.8) is 0 Å². The fraction of sp³-hybridized carbons (Fsp3) is 0.350. The van der Waals surface area contributed by atoms with Gasteiger partial charge >= 0.3 is 5.97 Å². The number of aromatic nitrogens is 3. The smallest absolute Gasteiger partial charge is 0.345 e. The van der Waals surface area contributed by atoms with E-state index in [9.17, 15) is 9.59 Å². The van der Waals surface area contributed by atoms with Gasteiger partial charge in [-0.1, -0.05) is 17.7 Å². The van der Waals surface area contributed by atoms with Gasteiger partial charge in [-0.05, 0) is 58.2 Å². The first kappa shape index (κ1) is 17.9. The Morgan fingerprint density at radius 2 is 1.73 bits per heavy atom. The summed E-state index contributed by atoms with van der Waals surface area (Å²) in [6, 6.07) is 4.23. The third-order valence-electron chi connectivity index (χ3n) is 4.55. The Morgan fingerprint density at radius 1 is 1.12 bits per heavy atom. The second-order valence-corrected chi connectivity index (χ2v) is 6.65. The zero-order valence-corrected chi connectivity index (χ0v) is 16.0. The van der Waals surface area contributed by atoms with Crippen molar-refractivity contribution in [2.24, 2.45) is 0 Å². The van der Waals surface area contributed by atoms with Crippen molar-refractivity contribution in [2.75, 3.05) is 6.61 Å². The first-order valence-electron chi connectivity index (χ1n) is 8.63. The fourth-order valence-corrected chi connectivity index (χ4v) is 3.61. The number of nitrogens with zero attached hydrogens (tertiary/aromatic N) is 2. The molecule has 3 aromatic rings. The molecule has 1 aromatic carbocycles. The van der Waals surface area contributed by atoms with Crippen LogP contribution in [-0.2, 0) is 4.74 Å². The van der Waals surface area contributed by atoms with E-state index in [-0.39, 0.29) is 12.2 Å². The molecule has 0 aliphatic carbocycles. The van der Waals surface area contributed by atoms with Gasteiger partial charge in [0.05, 0.1) is 12.3 Å². The molecule has 6 heteroatoms. The minimum atomic E-state index is -0.634. The Labute approximate surface area is 151 Å². The van der Waals surface area contributed by atoms with Crippen LogP contribution in [0.2, 0.25) is 0 Å². The summed E-state index contributed by atoms with van der Waals surface area (Å²) in [6.07, 6.45) is 0. The number of fused-ring (bicyclic) bond motifs is 1. The second-order valence-electron chi connectivity index (χ2n) is 6.65. The highest BCUT2D eigenvalue weighted by atomic mass is 16.5. The van der Waals surface area contributed by atoms with E-state index in [1.807, 2.05) is 6.92 Å². The van der Waals surface area contributed by atoms with Gasteiger partial charge in [0.15, 0.2) is 0 Å². The molecule has 2 heterocycles. The van der Waals surface area contributed by atoms with Crippen LogP contribution in [0.1, 0.15) is 45.4 Å². The first-order chi connectivity index (χ1) is 12.3. The number of esters is 1. The van der Waals surface area contributed by atoms with E-state index >= 15 is 0 Å². The number of benzene rings is 1. The van der Waals surface area contributed by atoms with Crippen molar-refractivity contribution in [1.29, 1.82) is 0 Å². The van der Waals surface area contributed by atoms with Crippen LogP contribution < -0.4 is 5.56 Å². The van der Waals surface area contributed by atoms with Crippen molar-refractivity contribution in [3.05, 3.63) is 56.1 Å². The lowest BCUT2D eigenvalue weighted by Gasteiger charge is -2.12. The van der Waals surface area contributed by atoms with Crippen molar-refractivity contribution < 1.29 is 9.53 Å². The molecule has 6 nitrogen and oxygen atoms in total. The topological polar surface area (TPSA) is 76.5 Å². The summed E-state index contributed by atoms with van der Waals surface area (Å²) in [5.41, 5.74) is 6.69. The molecule has 0 unspecified atom stereocenters. The van der Waals surface area contributed by atoms with Crippen LogP contribution in [-0.4, -0.2) is 27.2 Å². The van der Waals surface area contributed by atoms with Crippen molar-refractivity contribution in [1.82, 2.24) is 14.6 Å². The van der Waals surface area contributed by atoms with E-state index in [1.165, 1.54) is 10.1 Å². The Kier molecular flexibility index (Phi) is 4.44. The molecular weight excluding hydrogens is 330 g/mol. The second kappa shape index (κ2) is 6.44. The summed E-state index contributed by atoms with van der Waals surface area (Å²) >= 11 is 0. The average molecular weight is 353 g/mol. The summed E-state index contributed by atoms with van der Waals surface area (Å²) in [5.74, 6) is -0.634. The third-order valence-corrected chi connectivity index (χ3v) is 4.55. The van der Waals surface area contributed by atoms with Gasteiger partial charge in [-0.25, -0.2) is 4.79 Å². The van der Waals surface area contributed by atoms with Crippen LogP contribution in [0.3, 0.4) is 0 Å². The SMILES string of the molecule is CCOC(=O)c1c(C)[nH]c2c(-c3c(C)cc(C)cc3C)c(C)nn2c1=O. The van der Waals surface area contributed by atoms with E-state index in [2.05, 4.69) is 43.0 Å². The van der Waals surface area contributed by atoms with Crippen LogP contribution in [0, 0.1) is 34.6 Å². The standard InChI is InChI=1S/C20H23N3O3/c1-7-26-20(25)17-13(5)21-18-16(14(6)22-23(18)19(17)24)15-11(3)8-10(2)9-12(15)4/h8-9,21H,7H2,1-6H3. The van der Waals surface area contributed by atoms with Gasteiger partial charge in [0.1, 0.15) is 11.2 Å². The monoisotopic (exact) mass is 353 g/mol. The zero-order valence-electron chi connectivity index (χ0n) is 16.0. The lowest BCUT2D eigenvalue weighted by atomic mass is 9.94. The van der Waals surface area contributed by atoms with Crippen LogP contribution in [0.15, 0.2) is 16.9 Å². The summed E-state index contributed by atoms with van der Waals surface area (Å²) in [7, 11) is 0. The van der Waals surface area contributed by atoms with Gasteiger partial charge < -0.3 is 9.72 Å². The summed E-state index contributed by atoms with van der Waals surface area (Å²) in [4.78, 5) is 28.2. The van der Waals surface area contributed by atoms with Gasteiger partial charge in [0.25, 0.3) is 5.56 Å². The van der Waals surface area contributed by atoms with Gasteiger partial charge in [-0.15, -0.1) is 0 Å². The molecule has 136 valence electrons. The normalized spacial score (nSPS) is 11.2. The van der Waals surface area contributed by atoms with Crippen LogP contribution in [0.4, 0.5) is 0 Å². The molecule has 0 saturated carbocycles. The van der Waals surface area contributed by atoms with E-state index in [4.69, 9.17) is 4.74 Å². The van der Waals surface area contributed by atoms with Gasteiger partial charge in [0, 0.05) is 11.3 Å². The van der Waals surface area contributed by atoms with E-state index in [0.29, 0.717) is 11.3 Å². The Hall–Kier alpha value is -2.89. The first-order valence-corrected chi connectivity index (χ1v) is 8.63. The molecule has 0 spiro atoms. The maximum Gasteiger partial charge on any atom is 0.345 e. The summed E-state index contributed by atoms with van der Waals surface area (Å²) < 4.78 is 6.28. The average Bonchev–Trinajstić information content (AvgIpc) is 2.84. The molecule has 2 aromatic heterocycles. The number of aromatic amines is 1. The number of H-pyrrole nitrogens is 1. The maximum atomic E-state index is 12.9. The highest BCUT2D eigenvalue weighted by Crippen LogP contribution is 2.33. The summed E-state index contributed by atoms with van der Waals surface area (Å²) in [6.45, 7) is 11.7. The van der Waals surface area contributed by atoms with Crippen LogP contribution >= 0.6 is 0 Å². The van der Waals surface area contributed by atoms with Crippen molar-refractivity contribution in [3.8, 4) is 11.1 Å².